The van der Waals surface area contributed by atoms with Crippen LogP contribution in [0.25, 0.3) is 5.69 Å². The van der Waals surface area contributed by atoms with Crippen molar-refractivity contribution in [2.75, 3.05) is 13.7 Å². The van der Waals surface area contributed by atoms with Gasteiger partial charge in [0, 0.05) is 17.2 Å². The van der Waals surface area contributed by atoms with Gasteiger partial charge >= 0.3 is 5.97 Å². The quantitative estimate of drug-likeness (QED) is 0.261. The minimum atomic E-state index is -0.841. The zero-order valence-corrected chi connectivity index (χ0v) is 15.7. The number of methoxy groups -OCH3 is 1. The van der Waals surface area contributed by atoms with E-state index in [4.69, 9.17) is 9.47 Å². The van der Waals surface area contributed by atoms with Gasteiger partial charge in [0.25, 0.3) is 5.69 Å². The number of Topliss-reactive ketones (excluding diaryl/α,β-unsaturated/α-hetero) is 1. The van der Waals surface area contributed by atoms with Crippen molar-refractivity contribution in [2.45, 2.75) is 6.92 Å². The normalized spacial score (nSPS) is 10.4. The van der Waals surface area contributed by atoms with Crippen molar-refractivity contribution in [1.82, 2.24) is 9.78 Å². The Balaban J connectivity index is 1.74. The van der Waals surface area contributed by atoms with Gasteiger partial charge in [-0.3, -0.25) is 14.9 Å². The first-order chi connectivity index (χ1) is 13.9. The number of ether oxygens (including phenoxy) is 2. The molecule has 0 aliphatic rings. The van der Waals surface area contributed by atoms with Gasteiger partial charge in [-0.25, -0.2) is 9.48 Å². The second-order valence-electron chi connectivity index (χ2n) is 6.08. The average molecular weight is 395 g/mol. The maximum absolute atomic E-state index is 12.4. The van der Waals surface area contributed by atoms with Crippen LogP contribution in [0, 0.1) is 17.0 Å². The summed E-state index contributed by atoms with van der Waals surface area (Å²) in [7, 11) is 1.39. The van der Waals surface area contributed by atoms with Gasteiger partial charge in [-0.2, -0.15) is 5.10 Å². The van der Waals surface area contributed by atoms with Crippen molar-refractivity contribution in [2.24, 2.45) is 0 Å². The highest BCUT2D eigenvalue weighted by atomic mass is 16.6. The van der Waals surface area contributed by atoms with E-state index in [-0.39, 0.29) is 22.7 Å². The summed E-state index contributed by atoms with van der Waals surface area (Å²) >= 11 is 0. The average Bonchev–Trinajstić information content (AvgIpc) is 3.17. The summed E-state index contributed by atoms with van der Waals surface area (Å²) < 4.78 is 11.7. The van der Waals surface area contributed by atoms with Crippen LogP contribution in [0.3, 0.4) is 0 Å². The monoisotopic (exact) mass is 395 g/mol. The van der Waals surface area contributed by atoms with E-state index in [1.807, 2.05) is 18.2 Å². The molecule has 2 aromatic carbocycles. The summed E-state index contributed by atoms with van der Waals surface area (Å²) in [5.41, 5.74) is 0.967. The van der Waals surface area contributed by atoms with Crippen LogP contribution in [0.2, 0.25) is 0 Å². The molecule has 0 radical (unpaired) electrons. The van der Waals surface area contributed by atoms with Gasteiger partial charge in [0.1, 0.15) is 0 Å². The minimum Gasteiger partial charge on any atom is -0.493 e. The third kappa shape index (κ3) is 4.29. The standard InChI is InChI=1S/C20H17N3O6/c1-13-8-9-14(10-16(13)23(26)27)17(24)12-29-20(25)19-18(28-2)11-22(21-19)15-6-4-3-5-7-15/h3-11H,12H2,1-2H3. The molecule has 0 aliphatic carbocycles. The fourth-order valence-electron chi connectivity index (χ4n) is 2.62. The lowest BCUT2D eigenvalue weighted by atomic mass is 10.1. The number of aryl methyl sites for hydroxylation is 1. The maximum atomic E-state index is 12.4. The molecule has 1 aromatic heterocycles. The van der Waals surface area contributed by atoms with Crippen LogP contribution < -0.4 is 4.74 Å². The number of carbonyl (C=O) groups excluding carboxylic acids is 2. The van der Waals surface area contributed by atoms with E-state index in [1.54, 1.807) is 19.1 Å². The van der Waals surface area contributed by atoms with E-state index in [1.165, 1.54) is 30.1 Å². The lowest BCUT2D eigenvalue weighted by Crippen LogP contribution is -2.15. The number of ketones is 1. The molecule has 0 N–H and O–H groups in total. The van der Waals surface area contributed by atoms with Crippen molar-refractivity contribution in [1.29, 1.82) is 0 Å². The Kier molecular flexibility index (Phi) is 5.68. The number of carbonyl (C=O) groups is 2. The first-order valence-corrected chi connectivity index (χ1v) is 8.55. The first-order valence-electron chi connectivity index (χ1n) is 8.55. The van der Waals surface area contributed by atoms with Gasteiger partial charge in [-0.05, 0) is 19.1 Å². The van der Waals surface area contributed by atoms with Crippen LogP contribution in [0.4, 0.5) is 5.69 Å². The Hall–Kier alpha value is -4.01. The molecule has 0 aliphatic heterocycles. The van der Waals surface area contributed by atoms with Crippen molar-refractivity contribution in [3.8, 4) is 11.4 Å². The number of benzene rings is 2. The van der Waals surface area contributed by atoms with E-state index >= 15 is 0 Å². The fourth-order valence-corrected chi connectivity index (χ4v) is 2.62. The molecular formula is C20H17N3O6. The smallest absolute Gasteiger partial charge is 0.363 e. The molecule has 148 valence electrons. The minimum absolute atomic E-state index is 0.0804. The number of hydrogen-bond acceptors (Lipinski definition) is 7. The van der Waals surface area contributed by atoms with E-state index in [0.717, 1.165) is 6.07 Å². The predicted molar refractivity (Wildman–Crippen MR) is 103 cm³/mol. The number of aromatic nitrogens is 2. The van der Waals surface area contributed by atoms with Crippen LogP contribution in [-0.4, -0.2) is 40.2 Å². The summed E-state index contributed by atoms with van der Waals surface area (Å²) in [4.78, 5) is 35.1. The largest absolute Gasteiger partial charge is 0.493 e. The highest BCUT2D eigenvalue weighted by Crippen LogP contribution is 2.22. The van der Waals surface area contributed by atoms with Crippen LogP contribution in [-0.2, 0) is 4.74 Å². The number of nitro groups is 1. The highest BCUT2D eigenvalue weighted by Gasteiger charge is 2.22. The molecule has 0 bridgehead atoms. The van der Waals surface area contributed by atoms with Crippen molar-refractivity contribution >= 4 is 17.4 Å². The van der Waals surface area contributed by atoms with E-state index < -0.39 is 23.3 Å². The molecule has 0 atom stereocenters. The Morgan fingerprint density at radius 2 is 1.90 bits per heavy atom. The second kappa shape index (κ2) is 8.34. The predicted octanol–water partition coefficient (Wildman–Crippen LogP) is 3.14. The van der Waals surface area contributed by atoms with Crippen LogP contribution in [0.1, 0.15) is 26.4 Å². The molecule has 0 amide bonds. The molecule has 0 saturated heterocycles. The van der Waals surface area contributed by atoms with Gasteiger partial charge < -0.3 is 9.47 Å². The lowest BCUT2D eigenvalue weighted by molar-refractivity contribution is -0.385. The summed E-state index contributed by atoms with van der Waals surface area (Å²) in [6, 6.07) is 13.2. The van der Waals surface area contributed by atoms with Crippen molar-refractivity contribution in [3.63, 3.8) is 0 Å². The SMILES string of the molecule is COc1cn(-c2ccccc2)nc1C(=O)OCC(=O)c1ccc(C)c([N+](=O)[O-])c1. The molecule has 0 saturated carbocycles. The number of para-hydroxylation sites is 1. The van der Waals surface area contributed by atoms with Gasteiger partial charge in [-0.15, -0.1) is 0 Å². The number of esters is 1. The van der Waals surface area contributed by atoms with E-state index in [9.17, 15) is 19.7 Å². The second-order valence-corrected chi connectivity index (χ2v) is 6.08. The maximum Gasteiger partial charge on any atom is 0.363 e. The number of hydrogen-bond donors (Lipinski definition) is 0. The zero-order valence-electron chi connectivity index (χ0n) is 15.7. The van der Waals surface area contributed by atoms with Crippen LogP contribution in [0.15, 0.2) is 54.7 Å². The number of nitrogens with zero attached hydrogens (tertiary/aromatic N) is 3. The molecule has 0 unspecified atom stereocenters. The molecule has 0 spiro atoms. The number of rotatable bonds is 7. The lowest BCUT2D eigenvalue weighted by Gasteiger charge is -2.05. The summed E-state index contributed by atoms with van der Waals surface area (Å²) in [6.07, 6.45) is 1.52. The van der Waals surface area contributed by atoms with Gasteiger partial charge in [-0.1, -0.05) is 30.3 Å². The molecule has 29 heavy (non-hydrogen) atoms. The molecule has 1 heterocycles. The Bertz CT molecular complexity index is 1080. The molecule has 9 heteroatoms. The summed E-state index contributed by atoms with van der Waals surface area (Å²) in [5.74, 6) is -1.22. The molecule has 9 nitrogen and oxygen atoms in total. The first kappa shape index (κ1) is 19.7. The third-order valence-corrected chi connectivity index (χ3v) is 4.18. The Morgan fingerprint density at radius 1 is 1.17 bits per heavy atom. The molecule has 3 rings (SSSR count). The van der Waals surface area contributed by atoms with Crippen molar-refractivity contribution in [3.05, 3.63) is 81.7 Å². The van der Waals surface area contributed by atoms with E-state index in [2.05, 4.69) is 5.10 Å². The fraction of sp³-hybridized carbons (Fsp3) is 0.150. The third-order valence-electron chi connectivity index (χ3n) is 4.18. The Morgan fingerprint density at radius 3 is 2.55 bits per heavy atom. The zero-order chi connectivity index (χ0) is 21.0. The number of nitro benzene ring substituents is 1. The van der Waals surface area contributed by atoms with Gasteiger partial charge in [0.2, 0.25) is 11.5 Å². The van der Waals surface area contributed by atoms with Crippen molar-refractivity contribution < 1.29 is 24.0 Å². The van der Waals surface area contributed by atoms with E-state index in [0.29, 0.717) is 11.3 Å². The highest BCUT2D eigenvalue weighted by molar-refractivity contribution is 6.00. The summed E-state index contributed by atoms with van der Waals surface area (Å²) in [5, 5.41) is 15.2. The molecule has 0 fully saturated rings. The van der Waals surface area contributed by atoms with Crippen LogP contribution >= 0.6 is 0 Å². The van der Waals surface area contributed by atoms with Crippen LogP contribution in [0.5, 0.6) is 5.75 Å². The molecule has 3 aromatic rings. The topological polar surface area (TPSA) is 114 Å². The van der Waals surface area contributed by atoms with Gasteiger partial charge in [0.15, 0.2) is 12.4 Å². The molecular weight excluding hydrogens is 378 g/mol. The Labute approximate surface area is 165 Å². The summed E-state index contributed by atoms with van der Waals surface area (Å²) in [6.45, 7) is 0.988. The van der Waals surface area contributed by atoms with Gasteiger partial charge in [0.05, 0.1) is 23.9 Å².